The molecule has 0 radical (unpaired) electrons. The van der Waals surface area contributed by atoms with Crippen LogP contribution < -0.4 is 15.4 Å². The molecule has 2 N–H and O–H groups in total. The Bertz CT molecular complexity index is 828. The van der Waals surface area contributed by atoms with Crippen LogP contribution in [0.3, 0.4) is 0 Å². The predicted octanol–water partition coefficient (Wildman–Crippen LogP) is 4.44. The van der Waals surface area contributed by atoms with Crippen molar-refractivity contribution in [1.29, 1.82) is 0 Å². The van der Waals surface area contributed by atoms with E-state index >= 15 is 0 Å². The van der Waals surface area contributed by atoms with Crippen LogP contribution in [0.4, 0.5) is 10.8 Å². The van der Waals surface area contributed by atoms with Crippen molar-refractivity contribution >= 4 is 28.4 Å². The van der Waals surface area contributed by atoms with Gasteiger partial charge < -0.3 is 15.4 Å². The van der Waals surface area contributed by atoms with E-state index in [4.69, 9.17) is 4.74 Å². The van der Waals surface area contributed by atoms with Gasteiger partial charge in [-0.1, -0.05) is 30.3 Å². The maximum atomic E-state index is 5.17. The lowest BCUT2D eigenvalue weighted by Gasteiger charge is -2.07. The fraction of sp³-hybridized carbons (Fsp3) is 0.158. The lowest BCUT2D eigenvalue weighted by Crippen LogP contribution is -2.10. The van der Waals surface area contributed by atoms with Gasteiger partial charge in [0.05, 0.1) is 7.11 Å². The first-order valence-electron chi connectivity index (χ1n) is 7.94. The molecule has 3 rings (SSSR count). The average molecular weight is 352 g/mol. The van der Waals surface area contributed by atoms with Gasteiger partial charge >= 0.3 is 0 Å². The van der Waals surface area contributed by atoms with Crippen molar-refractivity contribution in [3.63, 3.8) is 0 Å². The molecule has 1 aromatic heterocycles. The topological polar surface area (TPSA) is 59.1 Å². The van der Waals surface area contributed by atoms with Crippen LogP contribution in [0, 0.1) is 0 Å². The smallest absolute Gasteiger partial charge is 0.207 e. The number of anilines is 2. The molecule has 0 aliphatic rings. The second-order valence-electron chi connectivity index (χ2n) is 5.48. The number of nitrogens with one attached hydrogen (secondary N) is 2. The number of ether oxygens (including phenoxy) is 1. The maximum Gasteiger partial charge on any atom is 0.207 e. The molecule has 0 aliphatic carbocycles. The minimum absolute atomic E-state index is 0.697. The molecular weight excluding hydrogens is 332 g/mol. The summed E-state index contributed by atoms with van der Waals surface area (Å²) in [5.41, 5.74) is 3.20. The quantitative estimate of drug-likeness (QED) is 0.658. The van der Waals surface area contributed by atoms with Crippen molar-refractivity contribution in [3.8, 4) is 5.75 Å². The fourth-order valence-corrected chi connectivity index (χ4v) is 2.79. The molecule has 2 aromatic carbocycles. The van der Waals surface area contributed by atoms with Gasteiger partial charge in [0.1, 0.15) is 5.75 Å². The summed E-state index contributed by atoms with van der Waals surface area (Å²) < 4.78 is 9.53. The van der Waals surface area contributed by atoms with Gasteiger partial charge in [-0.2, -0.15) is 9.36 Å². The van der Waals surface area contributed by atoms with Gasteiger partial charge in [0.15, 0.2) is 5.82 Å². The Morgan fingerprint density at radius 1 is 1.12 bits per heavy atom. The first-order chi connectivity index (χ1) is 12.2. The minimum Gasteiger partial charge on any atom is -0.497 e. The van der Waals surface area contributed by atoms with Gasteiger partial charge in [-0.25, -0.2) is 0 Å². The summed E-state index contributed by atoms with van der Waals surface area (Å²) >= 11 is 1.35. The highest BCUT2D eigenvalue weighted by molar-refractivity contribution is 7.09. The second kappa shape index (κ2) is 8.30. The molecule has 6 heteroatoms. The molecule has 0 saturated heterocycles. The highest BCUT2D eigenvalue weighted by Gasteiger charge is 2.03. The molecule has 0 bridgehead atoms. The summed E-state index contributed by atoms with van der Waals surface area (Å²) in [5.74, 6) is 1.56. The monoisotopic (exact) mass is 352 g/mol. The van der Waals surface area contributed by atoms with Gasteiger partial charge in [-0.05, 0) is 36.8 Å². The van der Waals surface area contributed by atoms with Crippen molar-refractivity contribution in [1.82, 2.24) is 14.7 Å². The Kier molecular flexibility index (Phi) is 5.64. The van der Waals surface area contributed by atoms with E-state index in [9.17, 15) is 0 Å². The van der Waals surface area contributed by atoms with E-state index in [0.29, 0.717) is 5.82 Å². The molecular formula is C19H20N4OS. The van der Waals surface area contributed by atoms with Crippen LogP contribution in [0.25, 0.3) is 6.08 Å². The van der Waals surface area contributed by atoms with E-state index in [1.54, 1.807) is 7.11 Å². The Balaban J connectivity index is 1.56. The summed E-state index contributed by atoms with van der Waals surface area (Å²) in [4.78, 5) is 4.49. The van der Waals surface area contributed by atoms with Gasteiger partial charge in [0.2, 0.25) is 5.13 Å². The number of aromatic nitrogens is 2. The molecule has 0 aliphatic heterocycles. The van der Waals surface area contributed by atoms with E-state index in [-0.39, 0.29) is 0 Å². The molecule has 0 spiro atoms. The van der Waals surface area contributed by atoms with Gasteiger partial charge in [-0.15, -0.1) is 0 Å². The standard InChI is InChI=1S/C19H20N4OS/c1-14(20-13-15-8-10-17(24-2)11-9-15)12-18-22-19(25-23-18)21-16-6-4-3-5-7-16/h3-12,20H,13H2,1-2H3,(H,21,22,23)/b14-12+. The molecule has 0 fully saturated rings. The maximum absolute atomic E-state index is 5.17. The van der Waals surface area contributed by atoms with Crippen molar-refractivity contribution in [2.24, 2.45) is 0 Å². The lowest BCUT2D eigenvalue weighted by atomic mass is 10.2. The van der Waals surface area contributed by atoms with E-state index in [2.05, 4.69) is 20.0 Å². The van der Waals surface area contributed by atoms with Gasteiger partial charge in [-0.3, -0.25) is 0 Å². The zero-order chi connectivity index (χ0) is 17.5. The molecule has 1 heterocycles. The van der Waals surface area contributed by atoms with Crippen LogP contribution in [-0.4, -0.2) is 16.5 Å². The predicted molar refractivity (Wildman–Crippen MR) is 103 cm³/mol. The van der Waals surface area contributed by atoms with Crippen LogP contribution in [0.5, 0.6) is 5.75 Å². The zero-order valence-electron chi connectivity index (χ0n) is 14.2. The first kappa shape index (κ1) is 17.0. The second-order valence-corrected chi connectivity index (χ2v) is 6.23. The van der Waals surface area contributed by atoms with Crippen molar-refractivity contribution in [2.75, 3.05) is 12.4 Å². The zero-order valence-corrected chi connectivity index (χ0v) is 15.0. The molecule has 25 heavy (non-hydrogen) atoms. The Hall–Kier alpha value is -2.86. The molecule has 0 amide bonds. The summed E-state index contributed by atoms with van der Waals surface area (Å²) in [5, 5.41) is 7.40. The molecule has 0 unspecified atom stereocenters. The third kappa shape index (κ3) is 5.06. The van der Waals surface area contributed by atoms with Crippen LogP contribution in [0.2, 0.25) is 0 Å². The lowest BCUT2D eigenvalue weighted by molar-refractivity contribution is 0.414. The molecule has 128 valence electrons. The minimum atomic E-state index is 0.697. The normalized spacial score (nSPS) is 11.2. The number of rotatable bonds is 7. The molecule has 5 nitrogen and oxygen atoms in total. The van der Waals surface area contributed by atoms with Crippen LogP contribution >= 0.6 is 11.5 Å². The highest BCUT2D eigenvalue weighted by atomic mass is 32.1. The van der Waals surface area contributed by atoms with E-state index in [0.717, 1.165) is 28.8 Å². The average Bonchev–Trinajstić information content (AvgIpc) is 3.08. The van der Waals surface area contributed by atoms with E-state index in [1.807, 2.05) is 67.6 Å². The summed E-state index contributed by atoms with van der Waals surface area (Å²) in [6.07, 6.45) is 1.94. The number of hydrogen-bond acceptors (Lipinski definition) is 6. The summed E-state index contributed by atoms with van der Waals surface area (Å²) in [7, 11) is 1.67. The number of benzene rings is 2. The number of para-hydroxylation sites is 1. The van der Waals surface area contributed by atoms with E-state index in [1.165, 1.54) is 17.1 Å². The van der Waals surface area contributed by atoms with Crippen molar-refractivity contribution in [2.45, 2.75) is 13.5 Å². The third-order valence-electron chi connectivity index (χ3n) is 3.54. The summed E-state index contributed by atoms with van der Waals surface area (Å²) in [6.45, 7) is 2.75. The number of methoxy groups -OCH3 is 1. The largest absolute Gasteiger partial charge is 0.497 e. The molecule has 0 saturated carbocycles. The van der Waals surface area contributed by atoms with Gasteiger partial charge in [0.25, 0.3) is 0 Å². The number of allylic oxidation sites excluding steroid dienone is 1. The van der Waals surface area contributed by atoms with Crippen molar-refractivity contribution in [3.05, 3.63) is 71.7 Å². The molecule has 3 aromatic rings. The first-order valence-corrected chi connectivity index (χ1v) is 8.71. The molecule has 0 atom stereocenters. The van der Waals surface area contributed by atoms with Crippen LogP contribution in [0.1, 0.15) is 18.3 Å². The van der Waals surface area contributed by atoms with E-state index < -0.39 is 0 Å². The summed E-state index contributed by atoms with van der Waals surface area (Å²) in [6, 6.07) is 18.0. The Labute approximate surface area is 151 Å². The van der Waals surface area contributed by atoms with Crippen LogP contribution in [-0.2, 0) is 6.54 Å². The Morgan fingerprint density at radius 3 is 2.60 bits per heavy atom. The van der Waals surface area contributed by atoms with Crippen LogP contribution in [0.15, 0.2) is 60.3 Å². The third-order valence-corrected chi connectivity index (χ3v) is 4.19. The Morgan fingerprint density at radius 2 is 1.88 bits per heavy atom. The number of nitrogens with zero attached hydrogens (tertiary/aromatic N) is 2. The van der Waals surface area contributed by atoms with Crippen molar-refractivity contribution < 1.29 is 4.74 Å². The van der Waals surface area contributed by atoms with Gasteiger partial charge in [0, 0.05) is 35.5 Å². The fourth-order valence-electron chi connectivity index (χ4n) is 2.22. The number of hydrogen-bond donors (Lipinski definition) is 2. The highest BCUT2D eigenvalue weighted by Crippen LogP contribution is 2.19. The SMILES string of the molecule is COc1ccc(CN/C(C)=C/c2nsc(Nc3ccccc3)n2)cc1.